The molecule has 0 atom stereocenters. The van der Waals surface area contributed by atoms with Crippen molar-refractivity contribution in [1.82, 2.24) is 0 Å². The first kappa shape index (κ1) is 13.9. The number of hydrogen-bond donors (Lipinski definition) is 1. The van der Waals surface area contributed by atoms with Crippen LogP contribution in [0.25, 0.3) is 0 Å². The van der Waals surface area contributed by atoms with Crippen molar-refractivity contribution in [3.05, 3.63) is 62.7 Å². The predicted octanol–water partition coefficient (Wildman–Crippen LogP) is 5.27. The van der Waals surface area contributed by atoms with Gasteiger partial charge in [0.2, 0.25) is 0 Å². The topological polar surface area (TPSA) is 12.0 Å². The Morgan fingerprint density at radius 2 is 1.85 bits per heavy atom. The Balaban J connectivity index is 1.61. The van der Waals surface area contributed by atoms with Crippen molar-refractivity contribution < 1.29 is 0 Å². The summed E-state index contributed by atoms with van der Waals surface area (Å²) in [7, 11) is 0. The minimum atomic E-state index is 0.624. The van der Waals surface area contributed by atoms with Crippen molar-refractivity contribution in [3.63, 3.8) is 0 Å². The molecule has 0 radical (unpaired) electrons. The van der Waals surface area contributed by atoms with E-state index >= 15 is 0 Å². The highest BCUT2D eigenvalue weighted by Gasteiger charge is 2.30. The van der Waals surface area contributed by atoms with Gasteiger partial charge in [0.15, 0.2) is 0 Å². The molecule has 2 heteroatoms. The second-order valence-corrected chi connectivity index (χ2v) is 7.13. The summed E-state index contributed by atoms with van der Waals surface area (Å²) in [5, 5.41) is 3.68. The van der Waals surface area contributed by atoms with Crippen molar-refractivity contribution in [1.29, 1.82) is 0 Å². The lowest BCUT2D eigenvalue weighted by atomic mass is 9.75. The van der Waals surface area contributed by atoms with E-state index in [1.165, 1.54) is 38.8 Å². The van der Waals surface area contributed by atoms with E-state index in [-0.39, 0.29) is 0 Å². The average Bonchev–Trinajstić information content (AvgIpc) is 2.35. The number of aryl methyl sites for hydroxylation is 2. The standard InChI is InChI=1S/C18H20IN/c1-12-4-3-5-14(8-12)15-10-17(11-15)20-18-7-6-16(19)9-13(18)2/h3-9,15,17,20H,10-11H2,1-2H3. The fourth-order valence-corrected chi connectivity index (χ4v) is 3.59. The monoisotopic (exact) mass is 377 g/mol. The van der Waals surface area contributed by atoms with Crippen molar-refractivity contribution in [2.45, 2.75) is 38.6 Å². The molecule has 0 aromatic heterocycles. The van der Waals surface area contributed by atoms with Crippen LogP contribution in [0.4, 0.5) is 5.69 Å². The van der Waals surface area contributed by atoms with E-state index in [0.717, 1.165) is 5.92 Å². The van der Waals surface area contributed by atoms with Gasteiger partial charge in [-0.05, 0) is 84.5 Å². The highest BCUT2D eigenvalue weighted by Crippen LogP contribution is 2.39. The first-order valence-electron chi connectivity index (χ1n) is 7.21. The zero-order valence-corrected chi connectivity index (χ0v) is 14.1. The van der Waals surface area contributed by atoms with E-state index in [0.29, 0.717) is 6.04 Å². The molecule has 1 fully saturated rings. The zero-order chi connectivity index (χ0) is 14.1. The van der Waals surface area contributed by atoms with Gasteiger partial charge in [-0.25, -0.2) is 0 Å². The van der Waals surface area contributed by atoms with Gasteiger partial charge >= 0.3 is 0 Å². The molecule has 1 saturated carbocycles. The molecule has 2 aromatic carbocycles. The smallest absolute Gasteiger partial charge is 0.0372 e. The van der Waals surface area contributed by atoms with E-state index in [9.17, 15) is 0 Å². The lowest BCUT2D eigenvalue weighted by Gasteiger charge is -2.37. The average molecular weight is 377 g/mol. The van der Waals surface area contributed by atoms with Gasteiger partial charge in [-0.3, -0.25) is 0 Å². The number of rotatable bonds is 3. The summed E-state index contributed by atoms with van der Waals surface area (Å²) in [4.78, 5) is 0. The summed E-state index contributed by atoms with van der Waals surface area (Å²) < 4.78 is 1.30. The SMILES string of the molecule is Cc1cccc(C2CC(Nc3ccc(I)cc3C)C2)c1. The molecule has 0 spiro atoms. The molecule has 0 saturated heterocycles. The third-order valence-corrected chi connectivity index (χ3v) is 4.87. The quantitative estimate of drug-likeness (QED) is 0.719. The van der Waals surface area contributed by atoms with Gasteiger partial charge in [-0.15, -0.1) is 0 Å². The molecule has 1 N–H and O–H groups in total. The van der Waals surface area contributed by atoms with Gasteiger partial charge in [0.05, 0.1) is 0 Å². The Bertz CT molecular complexity index is 615. The highest BCUT2D eigenvalue weighted by atomic mass is 127. The van der Waals surface area contributed by atoms with Gasteiger partial charge in [0, 0.05) is 15.3 Å². The first-order valence-corrected chi connectivity index (χ1v) is 8.29. The molecule has 3 rings (SSSR count). The Morgan fingerprint density at radius 3 is 2.55 bits per heavy atom. The minimum absolute atomic E-state index is 0.624. The van der Waals surface area contributed by atoms with E-state index in [1.807, 2.05) is 0 Å². The molecule has 0 aliphatic heterocycles. The van der Waals surface area contributed by atoms with Crippen LogP contribution in [0.15, 0.2) is 42.5 Å². The molecule has 1 nitrogen and oxygen atoms in total. The van der Waals surface area contributed by atoms with Gasteiger partial charge in [-0.1, -0.05) is 29.8 Å². The largest absolute Gasteiger partial charge is 0.382 e. The van der Waals surface area contributed by atoms with Crippen LogP contribution in [0.5, 0.6) is 0 Å². The van der Waals surface area contributed by atoms with Crippen molar-refractivity contribution in [2.24, 2.45) is 0 Å². The molecule has 20 heavy (non-hydrogen) atoms. The highest BCUT2D eigenvalue weighted by molar-refractivity contribution is 14.1. The Kier molecular flexibility index (Phi) is 4.01. The van der Waals surface area contributed by atoms with Crippen LogP contribution in [-0.4, -0.2) is 6.04 Å². The summed E-state index contributed by atoms with van der Waals surface area (Å²) in [6.45, 7) is 4.36. The lowest BCUT2D eigenvalue weighted by molar-refractivity contribution is 0.374. The van der Waals surface area contributed by atoms with Crippen LogP contribution >= 0.6 is 22.6 Å². The molecule has 0 unspecified atom stereocenters. The van der Waals surface area contributed by atoms with E-state index in [2.05, 4.69) is 84.2 Å². The predicted molar refractivity (Wildman–Crippen MR) is 94.5 cm³/mol. The van der Waals surface area contributed by atoms with Crippen molar-refractivity contribution in [3.8, 4) is 0 Å². The maximum absolute atomic E-state index is 3.68. The van der Waals surface area contributed by atoms with E-state index in [1.54, 1.807) is 0 Å². The van der Waals surface area contributed by atoms with Crippen LogP contribution < -0.4 is 5.32 Å². The second-order valence-electron chi connectivity index (χ2n) is 5.88. The third kappa shape index (κ3) is 3.00. The van der Waals surface area contributed by atoms with Crippen LogP contribution in [0.1, 0.15) is 35.4 Å². The fourth-order valence-electron chi connectivity index (χ4n) is 2.94. The van der Waals surface area contributed by atoms with E-state index in [4.69, 9.17) is 0 Å². The van der Waals surface area contributed by atoms with Gasteiger partial charge in [0.1, 0.15) is 0 Å². The molecule has 0 bridgehead atoms. The summed E-state index contributed by atoms with van der Waals surface area (Å²) in [6.07, 6.45) is 2.49. The van der Waals surface area contributed by atoms with Crippen molar-refractivity contribution in [2.75, 3.05) is 5.32 Å². The van der Waals surface area contributed by atoms with Crippen molar-refractivity contribution >= 4 is 28.3 Å². The first-order chi connectivity index (χ1) is 9.61. The summed E-state index contributed by atoms with van der Waals surface area (Å²) >= 11 is 2.37. The van der Waals surface area contributed by atoms with E-state index < -0.39 is 0 Å². The molecule has 1 aliphatic carbocycles. The van der Waals surface area contributed by atoms with Gasteiger partial charge in [-0.2, -0.15) is 0 Å². The zero-order valence-electron chi connectivity index (χ0n) is 12.0. The summed E-state index contributed by atoms with van der Waals surface area (Å²) in [5.41, 5.74) is 5.50. The van der Waals surface area contributed by atoms with Gasteiger partial charge in [0.25, 0.3) is 0 Å². The molecule has 104 valence electrons. The molecular weight excluding hydrogens is 357 g/mol. The fraction of sp³-hybridized carbons (Fsp3) is 0.333. The van der Waals surface area contributed by atoms with Crippen LogP contribution in [0.3, 0.4) is 0 Å². The van der Waals surface area contributed by atoms with Crippen LogP contribution in [-0.2, 0) is 0 Å². The molecule has 0 amide bonds. The van der Waals surface area contributed by atoms with Crippen LogP contribution in [0, 0.1) is 17.4 Å². The Labute approximate surface area is 134 Å². The number of halogens is 1. The summed E-state index contributed by atoms with van der Waals surface area (Å²) in [6, 6.07) is 16.2. The number of benzene rings is 2. The molecule has 1 aliphatic rings. The molecule has 0 heterocycles. The number of anilines is 1. The molecular formula is C18H20IN. The Morgan fingerprint density at radius 1 is 1.05 bits per heavy atom. The molecule has 2 aromatic rings. The number of nitrogens with one attached hydrogen (secondary N) is 1. The minimum Gasteiger partial charge on any atom is -0.382 e. The maximum Gasteiger partial charge on any atom is 0.0372 e. The third-order valence-electron chi connectivity index (χ3n) is 4.20. The summed E-state index contributed by atoms with van der Waals surface area (Å²) in [5.74, 6) is 0.733. The second kappa shape index (κ2) is 5.76. The van der Waals surface area contributed by atoms with Gasteiger partial charge < -0.3 is 5.32 Å². The number of hydrogen-bond acceptors (Lipinski definition) is 1. The Hall–Kier alpha value is -1.03. The maximum atomic E-state index is 3.68. The normalized spacial score (nSPS) is 21.4. The lowest BCUT2D eigenvalue weighted by Crippen LogP contribution is -2.34. The van der Waals surface area contributed by atoms with Crippen LogP contribution in [0.2, 0.25) is 0 Å².